The standard InChI is InChI=1S/C10H7BrClFN6O2/c11-5-1-4(13)2-6(12)7(5)17-9-8(19(20)21)10(18-14)16-3-15-9/h1-3H,14H2,(H2,15,16,17,18). The predicted molar refractivity (Wildman–Crippen MR) is 78.9 cm³/mol. The lowest BCUT2D eigenvalue weighted by atomic mass is 10.3. The minimum atomic E-state index is -0.705. The van der Waals surface area contributed by atoms with E-state index in [1.54, 1.807) is 0 Å². The fraction of sp³-hybridized carbons (Fsp3) is 0. The number of hydrogen-bond acceptors (Lipinski definition) is 7. The van der Waals surface area contributed by atoms with Gasteiger partial charge in [-0.2, -0.15) is 0 Å². The van der Waals surface area contributed by atoms with Crippen LogP contribution >= 0.6 is 27.5 Å². The minimum Gasteiger partial charge on any atom is -0.332 e. The maximum Gasteiger partial charge on any atom is 0.354 e. The van der Waals surface area contributed by atoms with Crippen molar-refractivity contribution in [3.8, 4) is 0 Å². The third-order valence-electron chi connectivity index (χ3n) is 2.39. The van der Waals surface area contributed by atoms with Gasteiger partial charge in [0, 0.05) is 4.47 Å². The average Bonchev–Trinajstić information content (AvgIpc) is 2.42. The van der Waals surface area contributed by atoms with E-state index in [0.29, 0.717) is 0 Å². The summed E-state index contributed by atoms with van der Waals surface area (Å²) in [6, 6.07) is 2.22. The van der Waals surface area contributed by atoms with E-state index >= 15 is 0 Å². The highest BCUT2D eigenvalue weighted by atomic mass is 79.9. The van der Waals surface area contributed by atoms with Crippen LogP contribution in [0.25, 0.3) is 0 Å². The van der Waals surface area contributed by atoms with Gasteiger partial charge in [0.25, 0.3) is 0 Å². The van der Waals surface area contributed by atoms with Crippen LogP contribution in [0.15, 0.2) is 22.9 Å². The van der Waals surface area contributed by atoms with Crippen molar-refractivity contribution in [2.24, 2.45) is 5.84 Å². The molecule has 4 N–H and O–H groups in total. The zero-order valence-corrected chi connectivity index (χ0v) is 12.4. The largest absolute Gasteiger partial charge is 0.354 e. The van der Waals surface area contributed by atoms with Crippen molar-refractivity contribution >= 4 is 50.5 Å². The van der Waals surface area contributed by atoms with Crippen LogP contribution in [0.1, 0.15) is 0 Å². The third-order valence-corrected chi connectivity index (χ3v) is 3.32. The number of nitrogen functional groups attached to an aromatic ring is 1. The summed E-state index contributed by atoms with van der Waals surface area (Å²) in [5, 5.41) is 13.8. The Kier molecular flexibility index (Phi) is 4.50. The van der Waals surface area contributed by atoms with Crippen molar-refractivity contribution in [1.82, 2.24) is 9.97 Å². The Morgan fingerprint density at radius 2 is 2.05 bits per heavy atom. The molecule has 0 spiro atoms. The van der Waals surface area contributed by atoms with Gasteiger partial charge in [0.05, 0.1) is 15.6 Å². The second kappa shape index (κ2) is 6.16. The Hall–Kier alpha value is -2.04. The predicted octanol–water partition coefficient (Wildman–Crippen LogP) is 2.97. The summed E-state index contributed by atoms with van der Waals surface area (Å²) in [5.74, 6) is 4.30. The summed E-state index contributed by atoms with van der Waals surface area (Å²) in [4.78, 5) is 17.8. The van der Waals surface area contributed by atoms with Crippen LogP contribution in [-0.4, -0.2) is 14.9 Å². The molecule has 0 radical (unpaired) electrons. The first kappa shape index (κ1) is 15.4. The zero-order chi connectivity index (χ0) is 15.6. The smallest absolute Gasteiger partial charge is 0.332 e. The van der Waals surface area contributed by atoms with Gasteiger partial charge in [0.15, 0.2) is 0 Å². The van der Waals surface area contributed by atoms with Crippen molar-refractivity contribution in [3.05, 3.63) is 43.9 Å². The molecular weight excluding hydrogens is 371 g/mol. The van der Waals surface area contributed by atoms with E-state index in [9.17, 15) is 14.5 Å². The Bertz CT molecular complexity index is 693. The third kappa shape index (κ3) is 3.17. The van der Waals surface area contributed by atoms with Gasteiger partial charge < -0.3 is 10.7 Å². The monoisotopic (exact) mass is 376 g/mol. The topological polar surface area (TPSA) is 119 Å². The lowest BCUT2D eigenvalue weighted by Gasteiger charge is -2.11. The van der Waals surface area contributed by atoms with Crippen LogP contribution < -0.4 is 16.6 Å². The van der Waals surface area contributed by atoms with Gasteiger partial charge in [0.1, 0.15) is 12.1 Å². The van der Waals surface area contributed by atoms with Crippen LogP contribution in [0.3, 0.4) is 0 Å². The molecule has 0 atom stereocenters. The molecule has 8 nitrogen and oxygen atoms in total. The summed E-state index contributed by atoms with van der Waals surface area (Å²) in [6.45, 7) is 0. The van der Waals surface area contributed by atoms with E-state index in [1.807, 2.05) is 0 Å². The number of halogens is 3. The number of rotatable bonds is 4. The number of nitrogens with zero attached hydrogens (tertiary/aromatic N) is 3. The molecule has 0 amide bonds. The van der Waals surface area contributed by atoms with Crippen LogP contribution in [0.4, 0.5) is 27.4 Å². The number of anilines is 3. The first-order valence-corrected chi connectivity index (χ1v) is 6.48. The number of hydrogen-bond donors (Lipinski definition) is 3. The maximum absolute atomic E-state index is 13.2. The number of nitro groups is 1. The first-order valence-electron chi connectivity index (χ1n) is 5.31. The Morgan fingerprint density at radius 3 is 2.62 bits per heavy atom. The summed E-state index contributed by atoms with van der Waals surface area (Å²) >= 11 is 9.02. The van der Waals surface area contributed by atoms with Crippen molar-refractivity contribution in [3.63, 3.8) is 0 Å². The van der Waals surface area contributed by atoms with E-state index in [0.717, 1.165) is 18.5 Å². The van der Waals surface area contributed by atoms with Crippen LogP contribution in [0.5, 0.6) is 0 Å². The molecule has 1 aromatic carbocycles. The van der Waals surface area contributed by atoms with E-state index < -0.39 is 16.4 Å². The highest BCUT2D eigenvalue weighted by Gasteiger charge is 2.23. The van der Waals surface area contributed by atoms with Crippen LogP contribution in [-0.2, 0) is 0 Å². The Morgan fingerprint density at radius 1 is 1.38 bits per heavy atom. The molecule has 0 saturated carbocycles. The number of aromatic nitrogens is 2. The minimum absolute atomic E-state index is 0.0250. The normalized spacial score (nSPS) is 10.3. The molecule has 1 aromatic heterocycles. The van der Waals surface area contributed by atoms with Gasteiger partial charge in [-0.1, -0.05) is 11.6 Å². The molecule has 0 saturated heterocycles. The molecule has 21 heavy (non-hydrogen) atoms. The molecule has 110 valence electrons. The molecule has 0 aliphatic carbocycles. The van der Waals surface area contributed by atoms with Crippen LogP contribution in [0.2, 0.25) is 5.02 Å². The van der Waals surface area contributed by atoms with Gasteiger partial charge in [-0.25, -0.2) is 20.2 Å². The van der Waals surface area contributed by atoms with Gasteiger partial charge >= 0.3 is 5.69 Å². The fourth-order valence-corrected chi connectivity index (χ4v) is 2.43. The second-order valence-corrected chi connectivity index (χ2v) is 4.95. The van der Waals surface area contributed by atoms with E-state index in [4.69, 9.17) is 17.4 Å². The molecule has 11 heteroatoms. The second-order valence-electron chi connectivity index (χ2n) is 3.69. The van der Waals surface area contributed by atoms with Crippen molar-refractivity contribution in [1.29, 1.82) is 0 Å². The summed E-state index contributed by atoms with van der Waals surface area (Å²) in [7, 11) is 0. The highest BCUT2D eigenvalue weighted by molar-refractivity contribution is 9.10. The van der Waals surface area contributed by atoms with Gasteiger partial charge in [-0.05, 0) is 28.1 Å². The van der Waals surface area contributed by atoms with E-state index in [2.05, 4.69) is 36.6 Å². The summed E-state index contributed by atoms with van der Waals surface area (Å²) in [5.41, 5.74) is 1.86. The van der Waals surface area contributed by atoms with Gasteiger partial charge in [0.2, 0.25) is 11.6 Å². The number of benzene rings is 1. The van der Waals surface area contributed by atoms with Crippen LogP contribution in [0, 0.1) is 15.9 Å². The first-order chi connectivity index (χ1) is 9.93. The fourth-order valence-electron chi connectivity index (χ4n) is 1.53. The molecule has 0 aliphatic rings. The number of nitrogens with two attached hydrogens (primary N) is 1. The summed E-state index contributed by atoms with van der Waals surface area (Å²) < 4.78 is 13.5. The van der Waals surface area contributed by atoms with Crippen molar-refractivity contribution in [2.45, 2.75) is 0 Å². The molecule has 2 rings (SSSR count). The summed E-state index contributed by atoms with van der Waals surface area (Å²) in [6.07, 6.45) is 1.08. The molecule has 1 heterocycles. The van der Waals surface area contributed by atoms with E-state index in [1.165, 1.54) is 0 Å². The molecule has 2 aromatic rings. The number of hydrazine groups is 1. The van der Waals surface area contributed by atoms with Crippen molar-refractivity contribution < 1.29 is 9.31 Å². The van der Waals surface area contributed by atoms with E-state index in [-0.39, 0.29) is 26.8 Å². The quantitative estimate of drug-likeness (QED) is 0.426. The zero-order valence-electron chi connectivity index (χ0n) is 10.1. The molecule has 0 aliphatic heterocycles. The highest BCUT2D eigenvalue weighted by Crippen LogP contribution is 2.37. The molecular formula is C10H7BrClFN6O2. The lowest BCUT2D eigenvalue weighted by Crippen LogP contribution is -2.13. The molecule has 0 fully saturated rings. The number of nitrogens with one attached hydrogen (secondary N) is 2. The van der Waals surface area contributed by atoms with Gasteiger partial charge in [-0.15, -0.1) is 0 Å². The molecule has 0 bridgehead atoms. The SMILES string of the molecule is NNc1ncnc(Nc2c(Cl)cc(F)cc2Br)c1[N+](=O)[O-]. The van der Waals surface area contributed by atoms with Crippen molar-refractivity contribution in [2.75, 3.05) is 10.7 Å². The average molecular weight is 378 g/mol. The lowest BCUT2D eigenvalue weighted by molar-refractivity contribution is -0.383. The molecule has 0 unspecified atom stereocenters. The maximum atomic E-state index is 13.2. The Balaban J connectivity index is 2.52. The van der Waals surface area contributed by atoms with Gasteiger partial charge in [-0.3, -0.25) is 10.1 Å². The Labute approximate surface area is 130 Å².